The lowest BCUT2D eigenvalue weighted by Gasteiger charge is -2.18. The molecule has 1 fully saturated rings. The van der Waals surface area contributed by atoms with Crippen molar-refractivity contribution < 1.29 is 29.3 Å². The van der Waals surface area contributed by atoms with Gasteiger partial charge in [0.25, 0.3) is 5.56 Å². The topological polar surface area (TPSA) is 156 Å². The highest BCUT2D eigenvalue weighted by atomic mass is 31.2. The SMILES string of the molecule is C=CC.O=c1ccn(C2OC(COP(O)O)C(O)C2O)c(=O)n1Cc1cc(Cc2ccccc2)ccn1. The third-order valence-electron chi connectivity index (χ3n) is 5.51. The molecule has 0 spiro atoms. The molecule has 1 aromatic carbocycles. The molecule has 3 heterocycles. The molecule has 12 heteroatoms. The van der Waals surface area contributed by atoms with Crippen molar-refractivity contribution in [2.24, 2.45) is 0 Å². The molecule has 0 amide bonds. The molecule has 2 aromatic heterocycles. The lowest BCUT2D eigenvalue weighted by molar-refractivity contribution is -0.0531. The standard InChI is InChI=1S/C22H24N3O8P.C3H6/c26-18-7-9-24(21-20(28)19(27)17(33-21)13-32-34(30)31)22(29)25(18)12-16-11-15(6-8-23-16)10-14-4-2-1-3-5-14;1-3-2/h1-9,11,17,19-21,27-28,30-31H,10,12-13H2;3H,1H2,2H3. The zero-order valence-electron chi connectivity index (χ0n) is 20.2. The third-order valence-corrected chi connectivity index (χ3v) is 5.89. The number of hydrogen-bond donors (Lipinski definition) is 4. The van der Waals surface area contributed by atoms with Crippen LogP contribution in [0.3, 0.4) is 0 Å². The molecule has 4 unspecified atom stereocenters. The number of allylic oxidation sites excluding steroid dienone is 1. The Labute approximate surface area is 214 Å². The van der Waals surface area contributed by atoms with Crippen molar-refractivity contribution >= 4 is 8.60 Å². The summed E-state index contributed by atoms with van der Waals surface area (Å²) in [5.74, 6) is 0. The molecule has 1 aliphatic heterocycles. The van der Waals surface area contributed by atoms with Crippen LogP contribution in [0.1, 0.15) is 30.0 Å². The van der Waals surface area contributed by atoms with E-state index < -0.39 is 51.0 Å². The van der Waals surface area contributed by atoms with Gasteiger partial charge in [-0.3, -0.25) is 18.9 Å². The van der Waals surface area contributed by atoms with Crippen molar-refractivity contribution in [1.82, 2.24) is 14.1 Å². The van der Waals surface area contributed by atoms with Crippen LogP contribution in [0, 0.1) is 0 Å². The van der Waals surface area contributed by atoms with Gasteiger partial charge in [0.2, 0.25) is 0 Å². The van der Waals surface area contributed by atoms with Gasteiger partial charge in [0, 0.05) is 18.5 Å². The molecule has 198 valence electrons. The average Bonchev–Trinajstić information content (AvgIpc) is 3.15. The summed E-state index contributed by atoms with van der Waals surface area (Å²) in [5, 5.41) is 20.6. The van der Waals surface area contributed by atoms with E-state index in [-0.39, 0.29) is 6.54 Å². The van der Waals surface area contributed by atoms with Gasteiger partial charge in [-0.05, 0) is 36.6 Å². The van der Waals surface area contributed by atoms with E-state index in [1.807, 2.05) is 49.4 Å². The van der Waals surface area contributed by atoms with Gasteiger partial charge in [-0.2, -0.15) is 0 Å². The molecule has 0 radical (unpaired) electrons. The number of pyridine rings is 1. The molecule has 0 aliphatic carbocycles. The second-order valence-electron chi connectivity index (χ2n) is 8.25. The van der Waals surface area contributed by atoms with E-state index in [2.05, 4.69) is 16.1 Å². The van der Waals surface area contributed by atoms with Gasteiger partial charge in [0.15, 0.2) is 6.23 Å². The van der Waals surface area contributed by atoms with Crippen molar-refractivity contribution in [1.29, 1.82) is 0 Å². The van der Waals surface area contributed by atoms with E-state index in [1.165, 1.54) is 6.20 Å². The number of nitrogens with zero attached hydrogens (tertiary/aromatic N) is 3. The van der Waals surface area contributed by atoms with E-state index in [4.69, 9.17) is 14.5 Å². The van der Waals surface area contributed by atoms with E-state index in [9.17, 15) is 19.8 Å². The Balaban J connectivity index is 0.00000121. The molecule has 1 aliphatic rings. The number of ether oxygens (including phenoxy) is 1. The number of aliphatic hydroxyl groups excluding tert-OH is 2. The molecule has 3 aromatic rings. The van der Waals surface area contributed by atoms with Crippen LogP contribution in [0.15, 0.2) is 83.2 Å². The van der Waals surface area contributed by atoms with Crippen LogP contribution in [0.2, 0.25) is 0 Å². The highest BCUT2D eigenvalue weighted by Crippen LogP contribution is 2.32. The van der Waals surface area contributed by atoms with Gasteiger partial charge in [-0.15, -0.1) is 6.58 Å². The van der Waals surface area contributed by atoms with E-state index in [1.54, 1.807) is 12.3 Å². The van der Waals surface area contributed by atoms with Crippen LogP contribution in [0.25, 0.3) is 0 Å². The monoisotopic (exact) mass is 531 g/mol. The molecule has 4 atom stereocenters. The maximum absolute atomic E-state index is 13.1. The molecule has 1 saturated heterocycles. The first-order valence-electron chi connectivity index (χ1n) is 11.4. The highest BCUT2D eigenvalue weighted by Gasteiger charge is 2.44. The molecule has 37 heavy (non-hydrogen) atoms. The number of hydrogen-bond acceptors (Lipinski definition) is 9. The predicted octanol–water partition coefficient (Wildman–Crippen LogP) is 1.08. The smallest absolute Gasteiger partial charge is 0.333 e. The fourth-order valence-electron chi connectivity index (χ4n) is 3.83. The fourth-order valence-corrected chi connectivity index (χ4v) is 4.11. The van der Waals surface area contributed by atoms with Crippen LogP contribution < -0.4 is 11.2 Å². The number of rotatable bonds is 8. The largest absolute Gasteiger partial charge is 0.387 e. The molecule has 0 saturated carbocycles. The van der Waals surface area contributed by atoms with Gasteiger partial charge < -0.3 is 29.3 Å². The Hall–Kier alpha value is -3.02. The quantitative estimate of drug-likeness (QED) is 0.247. The van der Waals surface area contributed by atoms with Crippen LogP contribution in [0.5, 0.6) is 0 Å². The first-order chi connectivity index (χ1) is 17.7. The van der Waals surface area contributed by atoms with Gasteiger partial charge >= 0.3 is 14.3 Å². The summed E-state index contributed by atoms with van der Waals surface area (Å²) in [6, 6.07) is 14.7. The normalized spacial score (nSPS) is 20.9. The molecule has 11 nitrogen and oxygen atoms in total. The van der Waals surface area contributed by atoms with Crippen molar-refractivity contribution in [3.05, 3.63) is 111 Å². The Morgan fingerprint density at radius 1 is 1.11 bits per heavy atom. The number of aliphatic hydroxyl groups is 2. The van der Waals surface area contributed by atoms with Crippen LogP contribution >= 0.6 is 8.60 Å². The molecule has 4 rings (SSSR count). The lowest BCUT2D eigenvalue weighted by Crippen LogP contribution is -2.43. The van der Waals surface area contributed by atoms with Crippen molar-refractivity contribution in [2.75, 3.05) is 6.61 Å². The van der Waals surface area contributed by atoms with Crippen LogP contribution in [-0.4, -0.2) is 59.0 Å². The maximum atomic E-state index is 13.1. The summed E-state index contributed by atoms with van der Waals surface area (Å²) in [7, 11) is -2.68. The average molecular weight is 532 g/mol. The molecular formula is C25H30N3O8P. The Morgan fingerprint density at radius 3 is 2.49 bits per heavy atom. The number of benzene rings is 1. The first kappa shape index (κ1) is 28.5. The van der Waals surface area contributed by atoms with E-state index in [0.29, 0.717) is 12.1 Å². The Kier molecular flexibility index (Phi) is 10.4. The summed E-state index contributed by atoms with van der Waals surface area (Å²) >= 11 is 0. The van der Waals surface area contributed by atoms with Crippen molar-refractivity contribution in [3.8, 4) is 0 Å². The minimum absolute atomic E-state index is 0.0988. The second-order valence-corrected chi connectivity index (χ2v) is 9.01. The summed E-state index contributed by atoms with van der Waals surface area (Å²) in [6.07, 6.45) is -0.150. The summed E-state index contributed by atoms with van der Waals surface area (Å²) in [5.41, 5.74) is 1.26. The minimum atomic E-state index is -2.68. The zero-order chi connectivity index (χ0) is 26.9. The van der Waals surface area contributed by atoms with E-state index >= 15 is 0 Å². The first-order valence-corrected chi connectivity index (χ1v) is 12.6. The fraction of sp³-hybridized carbons (Fsp3) is 0.320. The van der Waals surface area contributed by atoms with E-state index in [0.717, 1.165) is 26.3 Å². The van der Waals surface area contributed by atoms with Gasteiger partial charge in [0.05, 0.1) is 18.8 Å². The van der Waals surface area contributed by atoms with Crippen molar-refractivity contribution in [2.45, 2.75) is 44.4 Å². The molecule has 0 bridgehead atoms. The van der Waals surface area contributed by atoms with Crippen LogP contribution in [0.4, 0.5) is 0 Å². The Bertz CT molecular complexity index is 1280. The molecule has 4 N–H and O–H groups in total. The molecular weight excluding hydrogens is 501 g/mol. The van der Waals surface area contributed by atoms with Crippen molar-refractivity contribution in [3.63, 3.8) is 0 Å². The maximum Gasteiger partial charge on any atom is 0.333 e. The zero-order valence-corrected chi connectivity index (χ0v) is 21.1. The second kappa shape index (κ2) is 13.5. The lowest BCUT2D eigenvalue weighted by atomic mass is 10.1. The van der Waals surface area contributed by atoms with Gasteiger partial charge in [-0.1, -0.05) is 36.4 Å². The van der Waals surface area contributed by atoms with Gasteiger partial charge in [-0.25, -0.2) is 4.79 Å². The number of aromatic nitrogens is 3. The highest BCUT2D eigenvalue weighted by molar-refractivity contribution is 7.39. The van der Waals surface area contributed by atoms with Crippen LogP contribution in [-0.2, 0) is 22.2 Å². The predicted molar refractivity (Wildman–Crippen MR) is 137 cm³/mol. The third kappa shape index (κ3) is 7.50. The summed E-state index contributed by atoms with van der Waals surface area (Å²) in [6.45, 7) is 4.75. The summed E-state index contributed by atoms with van der Waals surface area (Å²) in [4.78, 5) is 47.6. The summed E-state index contributed by atoms with van der Waals surface area (Å²) < 4.78 is 12.2. The minimum Gasteiger partial charge on any atom is -0.387 e. The van der Waals surface area contributed by atoms with Gasteiger partial charge in [0.1, 0.15) is 18.3 Å². The Morgan fingerprint density at radius 2 is 1.81 bits per heavy atom.